The molecule has 2 aromatic rings. The van der Waals surface area contributed by atoms with Crippen LogP contribution in [0.25, 0.3) is 0 Å². The minimum absolute atomic E-state index is 0.401. The van der Waals surface area contributed by atoms with Gasteiger partial charge in [-0.25, -0.2) is 4.98 Å². The molecule has 1 aliphatic heterocycles. The first kappa shape index (κ1) is 15.6. The summed E-state index contributed by atoms with van der Waals surface area (Å²) < 4.78 is 0. The van der Waals surface area contributed by atoms with E-state index in [4.69, 9.17) is 23.2 Å². The van der Waals surface area contributed by atoms with E-state index in [1.54, 1.807) is 6.20 Å². The average molecular weight is 336 g/mol. The van der Waals surface area contributed by atoms with Crippen LogP contribution in [0.4, 0.5) is 5.82 Å². The van der Waals surface area contributed by atoms with Crippen LogP contribution < -0.4 is 4.90 Å². The quantitative estimate of drug-likeness (QED) is 0.834. The van der Waals surface area contributed by atoms with E-state index in [9.17, 15) is 0 Å². The Morgan fingerprint density at radius 1 is 0.909 bits per heavy atom. The van der Waals surface area contributed by atoms with Gasteiger partial charge in [0, 0.05) is 43.4 Å². The topological polar surface area (TPSA) is 19.4 Å². The van der Waals surface area contributed by atoms with Crippen molar-refractivity contribution < 1.29 is 0 Å². The standard InChI is InChI=1S/C17H19Cl2N3/c1-13(14-2-4-15(18)5-3-14)21-8-10-22(11-9-21)17-7-6-16(19)12-20-17/h2-7,12-13H,8-11H2,1H3. The van der Waals surface area contributed by atoms with Crippen molar-refractivity contribution in [2.75, 3.05) is 31.1 Å². The van der Waals surface area contributed by atoms with Gasteiger partial charge in [-0.3, -0.25) is 4.90 Å². The molecule has 0 saturated carbocycles. The van der Waals surface area contributed by atoms with Crippen molar-refractivity contribution in [3.8, 4) is 0 Å². The van der Waals surface area contributed by atoms with Crippen molar-refractivity contribution in [3.63, 3.8) is 0 Å². The Labute approximate surface area is 141 Å². The Bertz CT molecular complexity index is 605. The lowest BCUT2D eigenvalue weighted by molar-refractivity contribution is 0.198. The molecule has 1 aliphatic rings. The van der Waals surface area contributed by atoms with E-state index in [0.717, 1.165) is 37.0 Å². The van der Waals surface area contributed by atoms with Gasteiger partial charge in [0.1, 0.15) is 5.82 Å². The largest absolute Gasteiger partial charge is 0.354 e. The average Bonchev–Trinajstić information content (AvgIpc) is 2.56. The molecule has 3 rings (SSSR count). The van der Waals surface area contributed by atoms with Gasteiger partial charge in [0.05, 0.1) is 5.02 Å². The Kier molecular flexibility index (Phi) is 4.87. The molecule has 1 aromatic carbocycles. The molecule has 0 aliphatic carbocycles. The lowest BCUT2D eigenvalue weighted by atomic mass is 10.1. The molecule has 1 unspecified atom stereocenters. The summed E-state index contributed by atoms with van der Waals surface area (Å²) in [5.74, 6) is 1.00. The highest BCUT2D eigenvalue weighted by molar-refractivity contribution is 6.30. The van der Waals surface area contributed by atoms with Gasteiger partial charge in [0.2, 0.25) is 0 Å². The molecule has 0 spiro atoms. The van der Waals surface area contributed by atoms with Crippen LogP contribution in [0.1, 0.15) is 18.5 Å². The maximum atomic E-state index is 5.96. The first-order valence-corrected chi connectivity index (χ1v) is 8.25. The molecule has 0 amide bonds. The predicted molar refractivity (Wildman–Crippen MR) is 92.9 cm³/mol. The third-order valence-corrected chi connectivity index (χ3v) is 4.73. The molecule has 0 N–H and O–H groups in total. The van der Waals surface area contributed by atoms with E-state index in [0.29, 0.717) is 11.1 Å². The first-order valence-electron chi connectivity index (χ1n) is 7.49. The highest BCUT2D eigenvalue weighted by Gasteiger charge is 2.22. The van der Waals surface area contributed by atoms with Crippen LogP contribution in [-0.2, 0) is 0 Å². The van der Waals surface area contributed by atoms with Crippen LogP contribution in [0.15, 0.2) is 42.6 Å². The molecule has 3 nitrogen and oxygen atoms in total. The van der Waals surface area contributed by atoms with Gasteiger partial charge in [0.15, 0.2) is 0 Å². The fourth-order valence-electron chi connectivity index (χ4n) is 2.85. The maximum Gasteiger partial charge on any atom is 0.128 e. The molecule has 1 atom stereocenters. The van der Waals surface area contributed by atoms with Gasteiger partial charge < -0.3 is 4.90 Å². The van der Waals surface area contributed by atoms with E-state index in [1.807, 2.05) is 24.3 Å². The SMILES string of the molecule is CC(c1ccc(Cl)cc1)N1CCN(c2ccc(Cl)cn2)CC1. The monoisotopic (exact) mass is 335 g/mol. The molecule has 1 aromatic heterocycles. The third-order valence-electron chi connectivity index (χ3n) is 4.25. The van der Waals surface area contributed by atoms with Crippen molar-refractivity contribution in [2.45, 2.75) is 13.0 Å². The molecular formula is C17H19Cl2N3. The summed E-state index contributed by atoms with van der Waals surface area (Å²) in [5, 5.41) is 1.47. The second kappa shape index (κ2) is 6.86. The molecule has 0 bridgehead atoms. The zero-order valence-electron chi connectivity index (χ0n) is 12.5. The number of nitrogens with zero attached hydrogens (tertiary/aromatic N) is 3. The summed E-state index contributed by atoms with van der Waals surface area (Å²) in [6, 6.07) is 12.4. The fourth-order valence-corrected chi connectivity index (χ4v) is 3.08. The van der Waals surface area contributed by atoms with Gasteiger partial charge in [-0.05, 0) is 36.8 Å². The lowest BCUT2D eigenvalue weighted by Crippen LogP contribution is -2.47. The van der Waals surface area contributed by atoms with Crippen molar-refractivity contribution in [1.82, 2.24) is 9.88 Å². The number of halogens is 2. The molecule has 2 heterocycles. The van der Waals surface area contributed by atoms with Crippen LogP contribution in [0.2, 0.25) is 10.0 Å². The first-order chi connectivity index (χ1) is 10.6. The number of pyridine rings is 1. The van der Waals surface area contributed by atoms with Crippen molar-refractivity contribution in [1.29, 1.82) is 0 Å². The number of piperazine rings is 1. The number of hydrogen-bond acceptors (Lipinski definition) is 3. The summed E-state index contributed by atoms with van der Waals surface area (Å²) in [6.45, 7) is 6.25. The summed E-state index contributed by atoms with van der Waals surface area (Å²) in [5.41, 5.74) is 1.31. The Morgan fingerprint density at radius 3 is 2.14 bits per heavy atom. The number of anilines is 1. The smallest absolute Gasteiger partial charge is 0.128 e. The predicted octanol–water partition coefficient (Wildman–Crippen LogP) is 4.27. The molecule has 22 heavy (non-hydrogen) atoms. The molecule has 1 fully saturated rings. The minimum Gasteiger partial charge on any atom is -0.354 e. The van der Waals surface area contributed by atoms with Gasteiger partial charge in [-0.15, -0.1) is 0 Å². The minimum atomic E-state index is 0.401. The molecular weight excluding hydrogens is 317 g/mol. The highest BCUT2D eigenvalue weighted by atomic mass is 35.5. The van der Waals surface area contributed by atoms with Crippen LogP contribution >= 0.6 is 23.2 Å². The number of benzene rings is 1. The van der Waals surface area contributed by atoms with Crippen LogP contribution in [0, 0.1) is 0 Å². The zero-order valence-corrected chi connectivity index (χ0v) is 14.1. The normalized spacial score (nSPS) is 17.5. The highest BCUT2D eigenvalue weighted by Crippen LogP contribution is 2.24. The van der Waals surface area contributed by atoms with Crippen LogP contribution in [0.5, 0.6) is 0 Å². The summed E-state index contributed by atoms with van der Waals surface area (Å²) in [4.78, 5) is 9.20. The Morgan fingerprint density at radius 2 is 1.55 bits per heavy atom. The van der Waals surface area contributed by atoms with Gasteiger partial charge in [-0.1, -0.05) is 35.3 Å². The Hall–Kier alpha value is -1.29. The van der Waals surface area contributed by atoms with E-state index < -0.39 is 0 Å². The number of rotatable bonds is 3. The molecule has 0 radical (unpaired) electrons. The molecule has 116 valence electrons. The fraction of sp³-hybridized carbons (Fsp3) is 0.353. The van der Waals surface area contributed by atoms with Crippen LogP contribution in [0.3, 0.4) is 0 Å². The summed E-state index contributed by atoms with van der Waals surface area (Å²) in [7, 11) is 0. The van der Waals surface area contributed by atoms with E-state index in [-0.39, 0.29) is 0 Å². The zero-order chi connectivity index (χ0) is 15.5. The molecule has 1 saturated heterocycles. The van der Waals surface area contributed by atoms with Crippen molar-refractivity contribution >= 4 is 29.0 Å². The number of aromatic nitrogens is 1. The van der Waals surface area contributed by atoms with Crippen LogP contribution in [-0.4, -0.2) is 36.1 Å². The van der Waals surface area contributed by atoms with E-state index >= 15 is 0 Å². The number of hydrogen-bond donors (Lipinski definition) is 0. The van der Waals surface area contributed by atoms with Crippen molar-refractivity contribution in [3.05, 3.63) is 58.2 Å². The maximum absolute atomic E-state index is 5.96. The van der Waals surface area contributed by atoms with Gasteiger partial charge in [0.25, 0.3) is 0 Å². The Balaban J connectivity index is 1.61. The second-order valence-corrected chi connectivity index (χ2v) is 6.46. The third kappa shape index (κ3) is 3.54. The van der Waals surface area contributed by atoms with Gasteiger partial charge in [-0.2, -0.15) is 0 Å². The molecule has 5 heteroatoms. The van der Waals surface area contributed by atoms with E-state index in [2.05, 4.69) is 33.8 Å². The van der Waals surface area contributed by atoms with Gasteiger partial charge >= 0.3 is 0 Å². The van der Waals surface area contributed by atoms with Crippen molar-refractivity contribution in [2.24, 2.45) is 0 Å². The summed E-state index contributed by atoms with van der Waals surface area (Å²) in [6.07, 6.45) is 1.71. The second-order valence-electron chi connectivity index (χ2n) is 5.59. The summed E-state index contributed by atoms with van der Waals surface area (Å²) >= 11 is 11.9. The van der Waals surface area contributed by atoms with E-state index in [1.165, 1.54) is 5.56 Å². The lowest BCUT2D eigenvalue weighted by Gasteiger charge is -2.38.